The zero-order valence-corrected chi connectivity index (χ0v) is 13.0. The number of ether oxygens (including phenoxy) is 2. The van der Waals surface area contributed by atoms with Gasteiger partial charge in [0.2, 0.25) is 0 Å². The number of methoxy groups -OCH3 is 1. The van der Waals surface area contributed by atoms with E-state index in [0.29, 0.717) is 0 Å². The lowest BCUT2D eigenvalue weighted by molar-refractivity contribution is -0.144. The largest absolute Gasteiger partial charge is 0.469 e. The van der Waals surface area contributed by atoms with Crippen molar-refractivity contribution < 1.29 is 28.7 Å². The van der Waals surface area contributed by atoms with Crippen molar-refractivity contribution in [1.82, 2.24) is 4.90 Å². The Labute approximate surface area is 133 Å². The highest BCUT2D eigenvalue weighted by Crippen LogP contribution is 2.24. The molecule has 23 heavy (non-hydrogen) atoms. The van der Waals surface area contributed by atoms with Gasteiger partial charge in [-0.05, 0) is 6.92 Å². The van der Waals surface area contributed by atoms with Crippen molar-refractivity contribution in [3.05, 3.63) is 23.3 Å². The number of Topliss-reactive ketones (excluding diaryl/α,β-unsaturated/α-hetero) is 1. The maximum Gasteiger partial charge on any atom is 0.313 e. The van der Waals surface area contributed by atoms with Gasteiger partial charge in [0, 0.05) is 11.6 Å². The zero-order valence-electron chi connectivity index (χ0n) is 13.0. The molecule has 0 radical (unpaired) electrons. The molecule has 1 heterocycles. The summed E-state index contributed by atoms with van der Waals surface area (Å²) in [7, 11) is 1.18. The van der Waals surface area contributed by atoms with Crippen LogP contribution in [0.2, 0.25) is 0 Å². The molecule has 0 bridgehead atoms. The number of likely N-dealkylation sites (tertiary alicyclic amines) is 1. The molecule has 0 aromatic heterocycles. The molecule has 0 unspecified atom stereocenters. The van der Waals surface area contributed by atoms with Gasteiger partial charge < -0.3 is 9.47 Å². The third-order valence-electron chi connectivity index (χ3n) is 3.05. The van der Waals surface area contributed by atoms with Crippen LogP contribution in [0.5, 0.6) is 0 Å². The maximum absolute atomic E-state index is 12.1. The van der Waals surface area contributed by atoms with Crippen LogP contribution in [-0.4, -0.2) is 55.3 Å². The van der Waals surface area contributed by atoms with Crippen LogP contribution in [0.3, 0.4) is 0 Å². The van der Waals surface area contributed by atoms with Gasteiger partial charge >= 0.3 is 5.97 Å². The van der Waals surface area contributed by atoms with E-state index in [0.717, 1.165) is 4.90 Å². The molecule has 0 aromatic rings. The number of ketones is 1. The zero-order chi connectivity index (χ0) is 17.4. The molecule has 0 atom stereocenters. The van der Waals surface area contributed by atoms with Crippen molar-refractivity contribution in [2.45, 2.75) is 13.3 Å². The predicted octanol–water partition coefficient (Wildman–Crippen LogP) is 0.00990. The first-order chi connectivity index (χ1) is 11.0. The second-order valence-electron chi connectivity index (χ2n) is 4.53. The van der Waals surface area contributed by atoms with E-state index in [4.69, 9.17) is 11.2 Å². The number of hydrogen-bond donors (Lipinski definition) is 0. The van der Waals surface area contributed by atoms with Gasteiger partial charge in [-0.25, -0.2) is 0 Å². The summed E-state index contributed by atoms with van der Waals surface area (Å²) in [5.74, 6) is 0.185. The molecule has 1 rings (SSSR count). The molecule has 7 nitrogen and oxygen atoms in total. The van der Waals surface area contributed by atoms with Gasteiger partial charge in [0.25, 0.3) is 11.8 Å². The lowest BCUT2D eigenvalue weighted by atomic mass is 10.1. The van der Waals surface area contributed by atoms with Crippen LogP contribution in [0.1, 0.15) is 13.3 Å². The second-order valence-corrected chi connectivity index (χ2v) is 4.53. The van der Waals surface area contributed by atoms with E-state index >= 15 is 0 Å². The Hall–Kier alpha value is -2.72. The molecule has 1 aliphatic heterocycles. The average molecular weight is 319 g/mol. The average Bonchev–Trinajstić information content (AvgIpc) is 2.75. The number of nitrogens with zero attached hydrogens (tertiary/aromatic N) is 1. The summed E-state index contributed by atoms with van der Waals surface area (Å²) >= 11 is 0. The van der Waals surface area contributed by atoms with Crippen molar-refractivity contribution in [3.8, 4) is 12.3 Å². The molecular weight excluding hydrogens is 302 g/mol. The van der Waals surface area contributed by atoms with E-state index in [9.17, 15) is 19.2 Å². The molecule has 2 amide bonds. The highest BCUT2D eigenvalue weighted by atomic mass is 16.5. The van der Waals surface area contributed by atoms with Crippen LogP contribution in [-0.2, 0) is 28.7 Å². The van der Waals surface area contributed by atoms with Gasteiger partial charge in [-0.2, -0.15) is 0 Å². The van der Waals surface area contributed by atoms with Gasteiger partial charge in [-0.1, -0.05) is 12.0 Å². The minimum absolute atomic E-state index is 0.0115. The molecule has 0 N–H and O–H groups in total. The summed E-state index contributed by atoms with van der Waals surface area (Å²) in [4.78, 5) is 47.4. The monoisotopic (exact) mass is 319 g/mol. The van der Waals surface area contributed by atoms with Gasteiger partial charge in [0.15, 0.2) is 5.78 Å². The molecule has 1 saturated heterocycles. The van der Waals surface area contributed by atoms with E-state index < -0.39 is 23.6 Å². The van der Waals surface area contributed by atoms with Crippen LogP contribution in [0.15, 0.2) is 23.3 Å². The second kappa shape index (κ2) is 8.66. The summed E-state index contributed by atoms with van der Waals surface area (Å²) in [6, 6.07) is 0. The van der Waals surface area contributed by atoms with Gasteiger partial charge in [-0.15, -0.1) is 6.42 Å². The summed E-state index contributed by atoms with van der Waals surface area (Å²) in [5, 5.41) is 0. The minimum atomic E-state index is -0.648. The van der Waals surface area contributed by atoms with Crippen LogP contribution in [0.4, 0.5) is 0 Å². The van der Waals surface area contributed by atoms with Gasteiger partial charge in [0.1, 0.15) is 13.0 Å². The molecule has 0 aromatic carbocycles. The number of carbonyl (C=O) groups excluding carboxylic acids is 4. The highest BCUT2D eigenvalue weighted by molar-refractivity contribution is 6.24. The summed E-state index contributed by atoms with van der Waals surface area (Å²) in [5.41, 5.74) is 0.413. The molecule has 1 aliphatic rings. The third-order valence-corrected chi connectivity index (χ3v) is 3.05. The Balaban J connectivity index is 2.53. The number of hydrogen-bond acceptors (Lipinski definition) is 6. The van der Waals surface area contributed by atoms with E-state index in [1.54, 1.807) is 6.92 Å². The SMILES string of the molecule is C#C/C=C1/C(=O)N(CCOCC(=O)CC(=O)OC)C(=O)/C1=C/C. The number of imide groups is 1. The Kier molecular flexibility index (Phi) is 6.90. The fourth-order valence-electron chi connectivity index (χ4n) is 1.94. The van der Waals surface area contributed by atoms with E-state index in [1.807, 2.05) is 0 Å². The van der Waals surface area contributed by atoms with Crippen LogP contribution in [0, 0.1) is 12.3 Å². The summed E-state index contributed by atoms with van der Waals surface area (Å²) < 4.78 is 9.43. The number of esters is 1. The van der Waals surface area contributed by atoms with Gasteiger partial charge in [-0.3, -0.25) is 24.1 Å². The first-order valence-corrected chi connectivity index (χ1v) is 6.81. The van der Waals surface area contributed by atoms with E-state index in [-0.39, 0.29) is 37.3 Å². The number of carbonyl (C=O) groups is 4. The lowest BCUT2D eigenvalue weighted by Gasteiger charge is -2.12. The third kappa shape index (κ3) is 4.63. The first kappa shape index (κ1) is 18.3. The molecule has 0 aliphatic carbocycles. The van der Waals surface area contributed by atoms with E-state index in [1.165, 1.54) is 19.3 Å². The highest BCUT2D eigenvalue weighted by Gasteiger charge is 2.37. The van der Waals surface area contributed by atoms with Crippen molar-refractivity contribution in [1.29, 1.82) is 0 Å². The molecule has 0 saturated carbocycles. The fourth-order valence-corrected chi connectivity index (χ4v) is 1.94. The smallest absolute Gasteiger partial charge is 0.313 e. The van der Waals surface area contributed by atoms with Crippen molar-refractivity contribution >= 4 is 23.6 Å². The lowest BCUT2D eigenvalue weighted by Crippen LogP contribution is -2.33. The fraction of sp³-hybridized carbons (Fsp3) is 0.375. The minimum Gasteiger partial charge on any atom is -0.469 e. The Morgan fingerprint density at radius 2 is 1.91 bits per heavy atom. The summed E-state index contributed by atoms with van der Waals surface area (Å²) in [6.45, 7) is 1.30. The number of rotatable bonds is 7. The van der Waals surface area contributed by atoms with Crippen LogP contribution < -0.4 is 0 Å². The standard InChI is InChI=1S/C16H17NO6/c1-4-6-13-12(5-2)15(20)17(16(13)21)7-8-23-10-11(18)9-14(19)22-3/h1,5-6H,7-10H2,2-3H3/b12-5+,13-6+. The van der Waals surface area contributed by atoms with Crippen molar-refractivity contribution in [2.24, 2.45) is 0 Å². The molecule has 0 spiro atoms. The Morgan fingerprint density at radius 1 is 1.26 bits per heavy atom. The molecule has 122 valence electrons. The predicted molar refractivity (Wildman–Crippen MR) is 79.9 cm³/mol. The molecular formula is C16H17NO6. The van der Waals surface area contributed by atoms with Crippen molar-refractivity contribution in [2.75, 3.05) is 26.9 Å². The van der Waals surface area contributed by atoms with Crippen molar-refractivity contribution in [3.63, 3.8) is 0 Å². The number of amides is 2. The molecule has 7 heteroatoms. The Morgan fingerprint density at radius 3 is 2.48 bits per heavy atom. The van der Waals surface area contributed by atoms with Crippen LogP contribution >= 0.6 is 0 Å². The number of terminal acetylenes is 1. The topological polar surface area (TPSA) is 90.0 Å². The number of allylic oxidation sites excluding steroid dienone is 2. The first-order valence-electron chi connectivity index (χ1n) is 6.81. The quantitative estimate of drug-likeness (QED) is 0.164. The summed E-state index contributed by atoms with van der Waals surface area (Å²) in [6.07, 6.45) is 7.53. The normalized spacial score (nSPS) is 17.7. The van der Waals surface area contributed by atoms with Crippen LogP contribution in [0.25, 0.3) is 0 Å². The molecule has 1 fully saturated rings. The van der Waals surface area contributed by atoms with Gasteiger partial charge in [0.05, 0.1) is 25.8 Å². The maximum atomic E-state index is 12.1. The van der Waals surface area contributed by atoms with E-state index in [2.05, 4.69) is 10.7 Å². The Bertz CT molecular complexity index is 623.